The lowest BCUT2D eigenvalue weighted by Crippen LogP contribution is -2.77. The number of aromatic nitrogens is 2. The summed E-state index contributed by atoms with van der Waals surface area (Å²) in [6, 6.07) is 45.5. The average molecular weight is 794 g/mol. The summed E-state index contributed by atoms with van der Waals surface area (Å²) in [5.41, 5.74) is 24.0. The highest BCUT2D eigenvalue weighted by Crippen LogP contribution is 2.71. The number of benzene rings is 5. The summed E-state index contributed by atoms with van der Waals surface area (Å²) >= 11 is 0. The van der Waals surface area contributed by atoms with Crippen LogP contribution in [-0.2, 0) is 21.9 Å². The summed E-state index contributed by atoms with van der Waals surface area (Å²) in [6.07, 6.45) is 0. The first kappa shape index (κ1) is 34.5. The van der Waals surface area contributed by atoms with E-state index >= 15 is 0 Å². The van der Waals surface area contributed by atoms with E-state index in [1.54, 1.807) is 0 Å². The Labute approximate surface area is 359 Å². The number of anilines is 9. The van der Waals surface area contributed by atoms with Crippen molar-refractivity contribution in [2.45, 2.75) is 103 Å². The fourth-order valence-corrected chi connectivity index (χ4v) is 13.3. The van der Waals surface area contributed by atoms with Crippen LogP contribution in [0.5, 0.6) is 0 Å². The summed E-state index contributed by atoms with van der Waals surface area (Å²) in [4.78, 5) is 8.07. The highest BCUT2D eigenvalue weighted by Gasteiger charge is 2.74. The smallest absolute Gasteiger partial charge is 0.308 e. The zero-order valence-electron chi connectivity index (χ0n) is 36.9. The molecular formula is C56H51N5+2. The lowest BCUT2D eigenvalue weighted by Gasteiger charge is -2.54. The molecule has 7 aliphatic heterocycles. The van der Waals surface area contributed by atoms with Gasteiger partial charge < -0.3 is 4.90 Å². The third-order valence-electron chi connectivity index (χ3n) is 16.4. The van der Waals surface area contributed by atoms with Crippen molar-refractivity contribution in [1.82, 2.24) is 0 Å². The topological polar surface area (TPSA) is 17.5 Å². The number of rotatable bonds is 2. The van der Waals surface area contributed by atoms with E-state index in [1.165, 1.54) is 118 Å². The Morgan fingerprint density at radius 1 is 0.393 bits per heavy atom. The van der Waals surface area contributed by atoms with Crippen molar-refractivity contribution in [1.29, 1.82) is 0 Å². The Kier molecular flexibility index (Phi) is 5.81. The van der Waals surface area contributed by atoms with Crippen LogP contribution < -0.4 is 23.8 Å². The van der Waals surface area contributed by atoms with Crippen molar-refractivity contribution in [2.24, 2.45) is 0 Å². The van der Waals surface area contributed by atoms with E-state index < -0.39 is 5.66 Å². The minimum atomic E-state index is -0.715. The van der Waals surface area contributed by atoms with Crippen LogP contribution in [0.15, 0.2) is 115 Å². The molecule has 298 valence electrons. The molecule has 0 amide bonds. The number of nitrogens with zero attached hydrogens (tertiary/aromatic N) is 5. The summed E-state index contributed by atoms with van der Waals surface area (Å²) in [5.74, 6) is 3.17. The van der Waals surface area contributed by atoms with Crippen LogP contribution in [0.25, 0.3) is 11.4 Å². The summed E-state index contributed by atoms with van der Waals surface area (Å²) in [6.45, 7) is 24.2. The minimum Gasteiger partial charge on any atom is -0.308 e. The van der Waals surface area contributed by atoms with E-state index in [0.29, 0.717) is 11.8 Å². The minimum absolute atomic E-state index is 0.240. The molecule has 61 heavy (non-hydrogen) atoms. The Balaban J connectivity index is 1.30. The van der Waals surface area contributed by atoms with E-state index in [-0.39, 0.29) is 16.2 Å². The summed E-state index contributed by atoms with van der Waals surface area (Å²) in [5, 5.41) is 0. The summed E-state index contributed by atoms with van der Waals surface area (Å²) in [7, 11) is 0. The molecule has 0 radical (unpaired) electrons. The molecule has 1 spiro atoms. The first-order chi connectivity index (χ1) is 29.2. The van der Waals surface area contributed by atoms with E-state index in [0.717, 1.165) is 0 Å². The predicted octanol–water partition coefficient (Wildman–Crippen LogP) is 13.1. The quantitative estimate of drug-likeness (QED) is 0.162. The molecule has 0 N–H and O–H groups in total. The Hall–Kier alpha value is -6.20. The molecule has 0 bridgehead atoms. The van der Waals surface area contributed by atoms with Crippen molar-refractivity contribution in [3.8, 4) is 11.4 Å². The van der Waals surface area contributed by atoms with Crippen molar-refractivity contribution in [3.63, 3.8) is 0 Å². The third kappa shape index (κ3) is 3.48. The van der Waals surface area contributed by atoms with Crippen LogP contribution in [0.3, 0.4) is 0 Å². The zero-order chi connectivity index (χ0) is 41.6. The monoisotopic (exact) mass is 793 g/mol. The van der Waals surface area contributed by atoms with Gasteiger partial charge in [0.1, 0.15) is 22.5 Å². The van der Waals surface area contributed by atoms with Crippen LogP contribution in [0, 0.1) is 0 Å². The Morgan fingerprint density at radius 2 is 0.803 bits per heavy atom. The third-order valence-corrected chi connectivity index (χ3v) is 16.4. The van der Waals surface area contributed by atoms with Crippen LogP contribution in [0.2, 0.25) is 0 Å². The molecule has 1 unspecified atom stereocenters. The largest absolute Gasteiger partial charge is 0.319 e. The second-order valence-electron chi connectivity index (χ2n) is 21.0. The second kappa shape index (κ2) is 10.3. The maximum absolute atomic E-state index is 2.82. The van der Waals surface area contributed by atoms with Gasteiger partial charge in [0.2, 0.25) is 0 Å². The Morgan fingerprint density at radius 3 is 1.28 bits per heavy atom. The highest BCUT2D eigenvalue weighted by atomic mass is 15.5. The maximum Gasteiger partial charge on any atom is 0.319 e. The van der Waals surface area contributed by atoms with Gasteiger partial charge in [0, 0.05) is 50.6 Å². The molecule has 2 aromatic heterocycles. The molecule has 0 aliphatic carbocycles. The standard InChI is InChI=1S/C56H51N5/c1-30(2)32-25-44-45-26-33(31(3)4)28-47-59-42-22-16-13-19-36(42)55(9,10)39-29-38-51-49(52(39)59)56(61(45)47)48-43(57(51)40-20-14-11-17-34(40)54(38,7)8)24-23-37-50(48)58(46(27-32)60(44)56)41-21-15-12-18-35(41)53(37,5)6/h11-31H,1-10H3/q+2. The SMILES string of the molecule is CC(C)c1cc2[n+]3c(c1)N1c4ccccc4C(C)(C)c4ccc5c(c41)C31c3c4c(cc6c3N(c3ccccc3C6(C)C)c3cc(C(C)C)cc-2[n+]31)C(C)(C)c1ccccc1N54. The molecule has 7 aliphatic rings. The lowest BCUT2D eigenvalue weighted by molar-refractivity contribution is -0.929. The van der Waals surface area contributed by atoms with Gasteiger partial charge in [-0.1, -0.05) is 130 Å². The molecule has 9 heterocycles. The first-order valence-electron chi connectivity index (χ1n) is 22.5. The van der Waals surface area contributed by atoms with E-state index in [4.69, 9.17) is 0 Å². The van der Waals surface area contributed by atoms with Gasteiger partial charge >= 0.3 is 5.66 Å². The fourth-order valence-electron chi connectivity index (χ4n) is 13.3. The van der Waals surface area contributed by atoms with Gasteiger partial charge in [-0.2, -0.15) is 18.9 Å². The van der Waals surface area contributed by atoms with E-state index in [2.05, 4.69) is 208 Å². The lowest BCUT2D eigenvalue weighted by atomic mass is 9.62. The molecule has 0 saturated heterocycles. The van der Waals surface area contributed by atoms with Crippen LogP contribution in [0.1, 0.15) is 137 Å². The number of hydrogen-bond donors (Lipinski definition) is 0. The van der Waals surface area contributed by atoms with Gasteiger partial charge in [0.15, 0.2) is 22.8 Å². The molecular weight excluding hydrogens is 743 g/mol. The second-order valence-corrected chi connectivity index (χ2v) is 21.0. The number of hydrogen-bond acceptors (Lipinski definition) is 3. The van der Waals surface area contributed by atoms with E-state index in [9.17, 15) is 0 Å². The molecule has 5 nitrogen and oxygen atoms in total. The fraction of sp³-hybridized carbons (Fsp3) is 0.286. The van der Waals surface area contributed by atoms with Gasteiger partial charge in [-0.3, -0.25) is 0 Å². The van der Waals surface area contributed by atoms with Crippen LogP contribution in [-0.4, -0.2) is 0 Å². The van der Waals surface area contributed by atoms with Gasteiger partial charge in [0.25, 0.3) is 11.6 Å². The zero-order valence-corrected chi connectivity index (χ0v) is 36.9. The molecule has 7 aromatic rings. The van der Waals surface area contributed by atoms with Crippen LogP contribution in [0.4, 0.5) is 51.4 Å². The van der Waals surface area contributed by atoms with Crippen molar-refractivity contribution >= 4 is 51.4 Å². The molecule has 5 aromatic carbocycles. The number of fused-ring (bicyclic) bond motifs is 10. The Bertz CT molecular complexity index is 3210. The molecule has 5 heteroatoms. The van der Waals surface area contributed by atoms with E-state index in [1.807, 2.05) is 0 Å². The van der Waals surface area contributed by atoms with Crippen molar-refractivity contribution in [2.75, 3.05) is 14.7 Å². The van der Waals surface area contributed by atoms with Crippen molar-refractivity contribution in [3.05, 3.63) is 171 Å². The number of para-hydroxylation sites is 3. The van der Waals surface area contributed by atoms with Gasteiger partial charge in [0.05, 0.1) is 17.1 Å². The van der Waals surface area contributed by atoms with Gasteiger partial charge in [-0.25, -0.2) is 0 Å². The maximum atomic E-state index is 2.82. The van der Waals surface area contributed by atoms with Gasteiger partial charge in [-0.05, 0) is 76.6 Å². The molecule has 0 fully saturated rings. The highest BCUT2D eigenvalue weighted by molar-refractivity contribution is 6.04. The summed E-state index contributed by atoms with van der Waals surface area (Å²) < 4.78 is 5.64. The first-order valence-corrected chi connectivity index (χ1v) is 22.5. The molecule has 1 atom stereocenters. The average Bonchev–Trinajstić information content (AvgIpc) is 3.54. The molecule has 0 saturated carbocycles. The molecule has 14 rings (SSSR count). The predicted molar refractivity (Wildman–Crippen MR) is 246 cm³/mol. The normalized spacial score (nSPS) is 20.3. The van der Waals surface area contributed by atoms with Crippen molar-refractivity contribution < 1.29 is 9.13 Å². The number of pyridine rings is 2. The van der Waals surface area contributed by atoms with Gasteiger partial charge in [-0.15, -0.1) is 0 Å². The van der Waals surface area contributed by atoms with Crippen LogP contribution >= 0.6 is 0 Å².